The maximum absolute atomic E-state index is 6.09. The van der Waals surface area contributed by atoms with Gasteiger partial charge in [0.25, 0.3) is 0 Å². The summed E-state index contributed by atoms with van der Waals surface area (Å²) in [5, 5.41) is 11.8. The van der Waals surface area contributed by atoms with E-state index in [0.717, 1.165) is 60.2 Å². The second kappa shape index (κ2) is 9.80. The molecule has 9 heteroatoms. The third-order valence-corrected chi connectivity index (χ3v) is 5.55. The molecule has 4 rings (SSSR count). The molecular formula is C22H30N8O. The molecule has 164 valence electrons. The minimum absolute atomic E-state index is 0.305. The van der Waals surface area contributed by atoms with E-state index in [9.17, 15) is 0 Å². The minimum atomic E-state index is 0.305. The average Bonchev–Trinajstić information content (AvgIpc) is 3.18. The Morgan fingerprint density at radius 2 is 1.77 bits per heavy atom. The number of anilines is 1. The monoisotopic (exact) mass is 422 g/mol. The molecule has 1 N–H and O–H groups in total. The Bertz CT molecular complexity index is 973. The van der Waals surface area contributed by atoms with Gasteiger partial charge in [-0.1, -0.05) is 25.5 Å². The molecule has 31 heavy (non-hydrogen) atoms. The number of nitrogens with zero attached hydrogens (tertiary/aromatic N) is 7. The number of aromatic nitrogens is 7. The molecule has 3 aromatic rings. The first-order valence-electron chi connectivity index (χ1n) is 11.2. The van der Waals surface area contributed by atoms with Gasteiger partial charge in [-0.3, -0.25) is 4.98 Å². The van der Waals surface area contributed by atoms with Crippen LogP contribution in [0.5, 0.6) is 5.75 Å². The molecular weight excluding hydrogens is 392 g/mol. The lowest BCUT2D eigenvalue weighted by Crippen LogP contribution is -2.19. The van der Waals surface area contributed by atoms with Crippen LogP contribution in [0.15, 0.2) is 18.3 Å². The standard InChI is InChI=1S/C22H30N8O/c1-4-19-25-20(5-2)27-22(26-19)24-14-18-21(28-29-30(18)3)17-12-11-16(13-23-17)31-15-9-7-6-8-10-15/h11-13,15H,4-10,14H2,1-3H3,(H,24,25,26,27). The lowest BCUT2D eigenvalue weighted by Gasteiger charge is -2.22. The highest BCUT2D eigenvalue weighted by molar-refractivity contribution is 5.57. The lowest BCUT2D eigenvalue weighted by atomic mass is 9.98. The molecule has 3 heterocycles. The maximum atomic E-state index is 6.09. The van der Waals surface area contributed by atoms with E-state index < -0.39 is 0 Å². The van der Waals surface area contributed by atoms with Crippen LogP contribution < -0.4 is 10.1 Å². The molecule has 0 saturated heterocycles. The van der Waals surface area contributed by atoms with Crippen molar-refractivity contribution in [2.24, 2.45) is 7.05 Å². The van der Waals surface area contributed by atoms with Crippen LogP contribution >= 0.6 is 0 Å². The number of hydrogen-bond acceptors (Lipinski definition) is 8. The van der Waals surface area contributed by atoms with E-state index in [2.05, 4.69) is 35.6 Å². The van der Waals surface area contributed by atoms with Gasteiger partial charge in [-0.2, -0.15) is 9.97 Å². The van der Waals surface area contributed by atoms with Crippen molar-refractivity contribution < 1.29 is 4.74 Å². The molecule has 0 amide bonds. The third kappa shape index (κ3) is 5.15. The molecule has 0 aromatic carbocycles. The first-order chi connectivity index (χ1) is 15.2. The number of hydrogen-bond donors (Lipinski definition) is 1. The van der Waals surface area contributed by atoms with Gasteiger partial charge in [0.05, 0.1) is 30.2 Å². The zero-order chi connectivity index (χ0) is 21.6. The molecule has 0 bridgehead atoms. The van der Waals surface area contributed by atoms with Gasteiger partial charge in [-0.05, 0) is 37.8 Å². The molecule has 0 aliphatic heterocycles. The summed E-state index contributed by atoms with van der Waals surface area (Å²) in [6.45, 7) is 4.56. The van der Waals surface area contributed by atoms with Crippen molar-refractivity contribution in [1.82, 2.24) is 34.9 Å². The van der Waals surface area contributed by atoms with Gasteiger partial charge in [0.2, 0.25) is 5.95 Å². The van der Waals surface area contributed by atoms with E-state index in [1.165, 1.54) is 19.3 Å². The van der Waals surface area contributed by atoms with Crippen LogP contribution in [0.1, 0.15) is 63.3 Å². The smallest absolute Gasteiger partial charge is 0.226 e. The number of pyridine rings is 1. The second-order valence-corrected chi connectivity index (χ2v) is 7.82. The summed E-state index contributed by atoms with van der Waals surface area (Å²) in [6.07, 6.45) is 9.66. The molecule has 9 nitrogen and oxygen atoms in total. The summed E-state index contributed by atoms with van der Waals surface area (Å²) >= 11 is 0. The van der Waals surface area contributed by atoms with Crippen molar-refractivity contribution in [2.45, 2.75) is 71.4 Å². The molecule has 0 atom stereocenters. The summed E-state index contributed by atoms with van der Waals surface area (Å²) in [7, 11) is 1.87. The number of aryl methyl sites for hydroxylation is 3. The van der Waals surface area contributed by atoms with Crippen molar-refractivity contribution in [1.29, 1.82) is 0 Å². The Morgan fingerprint density at radius 3 is 2.42 bits per heavy atom. The van der Waals surface area contributed by atoms with E-state index in [1.807, 2.05) is 33.0 Å². The third-order valence-electron chi connectivity index (χ3n) is 5.55. The SMILES string of the molecule is CCc1nc(CC)nc(NCc2c(-c3ccc(OC4CCCCC4)cn3)nnn2C)n1. The lowest BCUT2D eigenvalue weighted by molar-refractivity contribution is 0.154. The predicted molar refractivity (Wildman–Crippen MR) is 118 cm³/mol. The van der Waals surface area contributed by atoms with E-state index >= 15 is 0 Å². The van der Waals surface area contributed by atoms with Crippen molar-refractivity contribution in [3.05, 3.63) is 35.7 Å². The van der Waals surface area contributed by atoms with Crippen LogP contribution in [0.4, 0.5) is 5.95 Å². The maximum Gasteiger partial charge on any atom is 0.226 e. The van der Waals surface area contributed by atoms with E-state index in [-0.39, 0.29) is 0 Å². The van der Waals surface area contributed by atoms with Gasteiger partial charge in [-0.25, -0.2) is 9.67 Å². The van der Waals surface area contributed by atoms with Gasteiger partial charge in [0, 0.05) is 19.9 Å². The molecule has 0 radical (unpaired) electrons. The van der Waals surface area contributed by atoms with Crippen molar-refractivity contribution in [3.63, 3.8) is 0 Å². The van der Waals surface area contributed by atoms with Crippen LogP contribution in [0.25, 0.3) is 11.4 Å². The number of ether oxygens (including phenoxy) is 1. The van der Waals surface area contributed by atoms with E-state index in [0.29, 0.717) is 18.6 Å². The normalized spacial score (nSPS) is 14.5. The fourth-order valence-electron chi connectivity index (χ4n) is 3.77. The summed E-state index contributed by atoms with van der Waals surface area (Å²) in [5.41, 5.74) is 2.41. The highest BCUT2D eigenvalue weighted by atomic mass is 16.5. The Hall–Kier alpha value is -3.10. The van der Waals surface area contributed by atoms with Crippen LogP contribution in [0.3, 0.4) is 0 Å². The zero-order valence-electron chi connectivity index (χ0n) is 18.5. The molecule has 3 aromatic heterocycles. The van der Waals surface area contributed by atoms with Gasteiger partial charge in [0.15, 0.2) is 0 Å². The fraction of sp³-hybridized carbons (Fsp3) is 0.545. The minimum Gasteiger partial charge on any atom is -0.489 e. The van der Waals surface area contributed by atoms with Gasteiger partial charge >= 0.3 is 0 Å². The van der Waals surface area contributed by atoms with Crippen molar-refractivity contribution >= 4 is 5.95 Å². The highest BCUT2D eigenvalue weighted by Gasteiger charge is 2.17. The Morgan fingerprint density at radius 1 is 1.03 bits per heavy atom. The van der Waals surface area contributed by atoms with Crippen molar-refractivity contribution in [3.8, 4) is 17.1 Å². The fourth-order valence-corrected chi connectivity index (χ4v) is 3.77. The first kappa shape index (κ1) is 21.1. The largest absolute Gasteiger partial charge is 0.489 e. The Balaban J connectivity index is 1.47. The van der Waals surface area contributed by atoms with E-state index in [4.69, 9.17) is 4.74 Å². The number of nitrogens with one attached hydrogen (secondary N) is 1. The number of rotatable bonds is 8. The van der Waals surface area contributed by atoms with Crippen LogP contribution in [-0.4, -0.2) is 41.0 Å². The summed E-state index contributed by atoms with van der Waals surface area (Å²) in [4.78, 5) is 18.0. The topological polar surface area (TPSA) is 104 Å². The zero-order valence-corrected chi connectivity index (χ0v) is 18.5. The Labute approximate surface area is 182 Å². The Kier molecular flexibility index (Phi) is 6.69. The second-order valence-electron chi connectivity index (χ2n) is 7.82. The molecule has 1 fully saturated rings. The molecule has 0 spiro atoms. The molecule has 1 aliphatic carbocycles. The molecule has 1 aliphatic rings. The van der Waals surface area contributed by atoms with Crippen LogP contribution in [0, 0.1) is 0 Å². The molecule has 0 unspecified atom stereocenters. The molecule has 1 saturated carbocycles. The summed E-state index contributed by atoms with van der Waals surface area (Å²) in [6, 6.07) is 3.91. The highest BCUT2D eigenvalue weighted by Crippen LogP contribution is 2.25. The van der Waals surface area contributed by atoms with E-state index in [1.54, 1.807) is 10.9 Å². The van der Waals surface area contributed by atoms with Crippen LogP contribution in [0.2, 0.25) is 0 Å². The van der Waals surface area contributed by atoms with Crippen LogP contribution in [-0.2, 0) is 26.4 Å². The average molecular weight is 423 g/mol. The van der Waals surface area contributed by atoms with Gasteiger partial charge in [-0.15, -0.1) is 5.10 Å². The first-order valence-corrected chi connectivity index (χ1v) is 11.2. The summed E-state index contributed by atoms with van der Waals surface area (Å²) in [5.74, 6) is 2.95. The van der Waals surface area contributed by atoms with Gasteiger partial charge < -0.3 is 10.1 Å². The predicted octanol–water partition coefficient (Wildman–Crippen LogP) is 3.51. The quantitative estimate of drug-likeness (QED) is 0.588. The summed E-state index contributed by atoms with van der Waals surface area (Å²) < 4.78 is 7.84. The van der Waals surface area contributed by atoms with Gasteiger partial charge in [0.1, 0.15) is 23.1 Å². The van der Waals surface area contributed by atoms with Crippen molar-refractivity contribution in [2.75, 3.05) is 5.32 Å².